The highest BCUT2D eigenvalue weighted by Crippen LogP contribution is 2.25. The van der Waals surface area contributed by atoms with Crippen molar-refractivity contribution in [2.45, 2.75) is 19.9 Å². The predicted molar refractivity (Wildman–Crippen MR) is 70.9 cm³/mol. The molecule has 1 heterocycles. The van der Waals surface area contributed by atoms with Crippen molar-refractivity contribution >= 4 is 28.1 Å². The van der Waals surface area contributed by atoms with Crippen molar-refractivity contribution in [3.8, 4) is 11.4 Å². The Labute approximate surface area is 112 Å². The lowest BCUT2D eigenvalue weighted by Gasteiger charge is -2.10. The number of rotatable bonds is 2. The summed E-state index contributed by atoms with van der Waals surface area (Å²) >= 11 is 8.33. The van der Waals surface area contributed by atoms with Crippen LogP contribution in [-0.4, -0.2) is 14.8 Å². The van der Waals surface area contributed by atoms with Crippen molar-refractivity contribution in [3.05, 3.63) is 33.3 Å². The summed E-state index contributed by atoms with van der Waals surface area (Å²) < 4.78 is 16.1. The fourth-order valence-electron chi connectivity index (χ4n) is 1.62. The molecule has 17 heavy (non-hydrogen) atoms. The predicted octanol–water partition coefficient (Wildman–Crippen LogP) is 4.09. The van der Waals surface area contributed by atoms with E-state index in [9.17, 15) is 4.39 Å². The number of benzene rings is 1. The average Bonchev–Trinajstić information content (AvgIpc) is 2.64. The lowest BCUT2D eigenvalue weighted by Crippen LogP contribution is -2.03. The van der Waals surface area contributed by atoms with Crippen LogP contribution in [-0.2, 0) is 0 Å². The lowest BCUT2D eigenvalue weighted by molar-refractivity contribution is 0.596. The van der Waals surface area contributed by atoms with E-state index in [2.05, 4.69) is 26.1 Å². The van der Waals surface area contributed by atoms with Gasteiger partial charge in [-0.3, -0.25) is 9.67 Å². The van der Waals surface area contributed by atoms with Gasteiger partial charge in [-0.15, -0.1) is 0 Å². The third kappa shape index (κ3) is 2.32. The van der Waals surface area contributed by atoms with E-state index in [1.54, 1.807) is 12.1 Å². The summed E-state index contributed by atoms with van der Waals surface area (Å²) in [6.07, 6.45) is 0. The van der Waals surface area contributed by atoms with Crippen LogP contribution in [0.15, 0.2) is 22.7 Å². The summed E-state index contributed by atoms with van der Waals surface area (Å²) in [5, 5.41) is 6.94. The fourth-order valence-corrected chi connectivity index (χ4v) is 2.34. The van der Waals surface area contributed by atoms with Crippen molar-refractivity contribution < 1.29 is 4.39 Å². The van der Waals surface area contributed by atoms with Gasteiger partial charge in [-0.25, -0.2) is 4.39 Å². The first-order chi connectivity index (χ1) is 8.00. The molecular formula is C11H11BrFN3S. The van der Waals surface area contributed by atoms with Gasteiger partial charge < -0.3 is 0 Å². The van der Waals surface area contributed by atoms with Gasteiger partial charge in [0.25, 0.3) is 0 Å². The van der Waals surface area contributed by atoms with Crippen LogP contribution in [0.3, 0.4) is 0 Å². The summed E-state index contributed by atoms with van der Waals surface area (Å²) in [6, 6.07) is 4.98. The fraction of sp³-hybridized carbons (Fsp3) is 0.273. The van der Waals surface area contributed by atoms with Crippen LogP contribution >= 0.6 is 28.1 Å². The maximum absolute atomic E-state index is 13.2. The molecule has 0 aliphatic heterocycles. The van der Waals surface area contributed by atoms with Crippen molar-refractivity contribution in [2.75, 3.05) is 0 Å². The van der Waals surface area contributed by atoms with Crippen molar-refractivity contribution in [3.63, 3.8) is 0 Å². The van der Waals surface area contributed by atoms with Gasteiger partial charge in [0.05, 0.1) is 4.47 Å². The molecule has 90 valence electrons. The Morgan fingerprint density at radius 3 is 2.76 bits per heavy atom. The molecule has 1 aromatic carbocycles. The number of nitrogens with zero attached hydrogens (tertiary/aromatic N) is 2. The zero-order valence-electron chi connectivity index (χ0n) is 9.37. The minimum atomic E-state index is -0.293. The summed E-state index contributed by atoms with van der Waals surface area (Å²) in [6.45, 7) is 4.04. The van der Waals surface area contributed by atoms with Gasteiger partial charge in [0, 0.05) is 11.6 Å². The molecule has 1 aromatic heterocycles. The Hall–Kier alpha value is -1.01. The van der Waals surface area contributed by atoms with Gasteiger partial charge in [-0.1, -0.05) is 0 Å². The average molecular weight is 316 g/mol. The second-order valence-electron chi connectivity index (χ2n) is 3.95. The van der Waals surface area contributed by atoms with E-state index < -0.39 is 0 Å². The monoisotopic (exact) mass is 315 g/mol. The first kappa shape index (κ1) is 12.4. The molecule has 0 saturated heterocycles. The van der Waals surface area contributed by atoms with E-state index in [4.69, 9.17) is 12.2 Å². The lowest BCUT2D eigenvalue weighted by atomic mass is 10.2. The quantitative estimate of drug-likeness (QED) is 0.847. The molecule has 3 nitrogen and oxygen atoms in total. The Balaban J connectivity index is 2.61. The van der Waals surface area contributed by atoms with Crippen LogP contribution in [0.5, 0.6) is 0 Å². The molecule has 0 saturated carbocycles. The Morgan fingerprint density at radius 1 is 1.47 bits per heavy atom. The van der Waals surface area contributed by atoms with Gasteiger partial charge in [-0.05, 0) is 60.2 Å². The Bertz CT molecular complexity index is 603. The third-order valence-electron chi connectivity index (χ3n) is 2.40. The molecular weight excluding hydrogens is 305 g/mol. The second-order valence-corrected chi connectivity index (χ2v) is 5.19. The molecule has 6 heteroatoms. The van der Waals surface area contributed by atoms with Gasteiger partial charge in [0.15, 0.2) is 10.6 Å². The van der Waals surface area contributed by atoms with Crippen molar-refractivity contribution in [2.24, 2.45) is 0 Å². The van der Waals surface area contributed by atoms with Gasteiger partial charge in [0.2, 0.25) is 0 Å². The number of hydrogen-bond acceptors (Lipinski definition) is 2. The zero-order chi connectivity index (χ0) is 12.6. The standard InChI is InChI=1S/C11H11BrFN3S/c1-6(2)16-10(14-15-11(16)17)7-3-4-9(13)8(12)5-7/h3-6H,1-2H3,(H,15,17). The molecule has 0 spiro atoms. The molecule has 0 aliphatic rings. The van der Waals surface area contributed by atoms with Gasteiger partial charge >= 0.3 is 0 Å². The van der Waals surface area contributed by atoms with E-state index in [0.29, 0.717) is 15.1 Å². The Kier molecular flexibility index (Phi) is 3.44. The smallest absolute Gasteiger partial charge is 0.195 e. The molecule has 2 rings (SSSR count). The summed E-state index contributed by atoms with van der Waals surface area (Å²) in [7, 11) is 0. The van der Waals surface area contributed by atoms with Gasteiger partial charge in [0.1, 0.15) is 5.82 Å². The number of aromatic nitrogens is 3. The first-order valence-electron chi connectivity index (χ1n) is 5.13. The third-order valence-corrected chi connectivity index (χ3v) is 3.29. The topological polar surface area (TPSA) is 33.6 Å². The van der Waals surface area contributed by atoms with Crippen LogP contribution in [0.1, 0.15) is 19.9 Å². The number of hydrogen-bond donors (Lipinski definition) is 1. The highest BCUT2D eigenvalue weighted by molar-refractivity contribution is 9.10. The van der Waals surface area contributed by atoms with Crippen molar-refractivity contribution in [1.29, 1.82) is 0 Å². The SMILES string of the molecule is CC(C)n1c(-c2ccc(F)c(Br)c2)n[nH]c1=S. The molecule has 1 N–H and O–H groups in total. The number of halogens is 2. The summed E-state index contributed by atoms with van der Waals surface area (Å²) in [5.74, 6) is 0.421. The van der Waals surface area contributed by atoms with Gasteiger partial charge in [-0.2, -0.15) is 5.10 Å². The first-order valence-corrected chi connectivity index (χ1v) is 6.33. The molecule has 2 aromatic rings. The molecule has 0 unspecified atom stereocenters. The number of H-pyrrole nitrogens is 1. The molecule has 0 radical (unpaired) electrons. The summed E-state index contributed by atoms with van der Waals surface area (Å²) in [4.78, 5) is 0. The zero-order valence-corrected chi connectivity index (χ0v) is 11.8. The molecule has 0 fully saturated rings. The van der Waals surface area contributed by atoms with Crippen molar-refractivity contribution in [1.82, 2.24) is 14.8 Å². The van der Waals surface area contributed by atoms with Crippen LogP contribution in [0, 0.1) is 10.6 Å². The molecule has 0 atom stereocenters. The highest BCUT2D eigenvalue weighted by Gasteiger charge is 2.12. The van der Waals surface area contributed by atoms with E-state index in [-0.39, 0.29) is 11.9 Å². The molecule has 0 bridgehead atoms. The largest absolute Gasteiger partial charge is 0.298 e. The van der Waals surface area contributed by atoms with Crippen LogP contribution in [0.2, 0.25) is 0 Å². The Morgan fingerprint density at radius 2 is 2.18 bits per heavy atom. The maximum Gasteiger partial charge on any atom is 0.195 e. The van der Waals surface area contributed by atoms with E-state index in [1.165, 1.54) is 6.07 Å². The number of aromatic amines is 1. The number of nitrogens with one attached hydrogen (secondary N) is 1. The second kappa shape index (κ2) is 4.70. The summed E-state index contributed by atoms with van der Waals surface area (Å²) in [5.41, 5.74) is 0.819. The molecule has 0 amide bonds. The van der Waals surface area contributed by atoms with Crippen LogP contribution in [0.4, 0.5) is 4.39 Å². The van der Waals surface area contributed by atoms with E-state index in [1.807, 2.05) is 18.4 Å². The van der Waals surface area contributed by atoms with E-state index in [0.717, 1.165) is 5.56 Å². The molecule has 0 aliphatic carbocycles. The highest BCUT2D eigenvalue weighted by atomic mass is 79.9. The van der Waals surface area contributed by atoms with E-state index >= 15 is 0 Å². The normalized spacial score (nSPS) is 11.1. The van der Waals surface area contributed by atoms with Crippen LogP contribution in [0.25, 0.3) is 11.4 Å². The maximum atomic E-state index is 13.2. The minimum Gasteiger partial charge on any atom is -0.298 e. The van der Waals surface area contributed by atoms with Crippen LogP contribution < -0.4 is 0 Å². The minimum absolute atomic E-state index is 0.195.